The fourth-order valence-electron chi connectivity index (χ4n) is 1.16. The number of nitrogens with two attached hydrogens (primary N) is 1. The molecule has 0 aromatic rings. The lowest BCUT2D eigenvalue weighted by Crippen LogP contribution is -2.49. The molecule has 2 atom stereocenters. The number of aliphatic carboxylic acids is 2. The van der Waals surface area contributed by atoms with Crippen LogP contribution in [0.4, 0.5) is 0 Å². The molecule has 0 aromatic carbocycles. The first kappa shape index (κ1) is 23.4. The standard InChI is InChI=1S/C10H17N3O6S.C2H6O/c11-5(10(18)19)1-2-7(14)13-6(4-20)9(17)12-3-8(15)16;1-2-3/h5-6,20H,1-4,11H2,(H,12,17)(H,13,14)(H,15,16)(H,18,19);3H,2H2,1H3. The van der Waals surface area contributed by atoms with Crippen molar-refractivity contribution in [1.82, 2.24) is 10.6 Å². The summed E-state index contributed by atoms with van der Waals surface area (Å²) in [7, 11) is 0. The second-order valence-corrected chi connectivity index (χ2v) is 4.58. The summed E-state index contributed by atoms with van der Waals surface area (Å²) < 4.78 is 0. The number of aliphatic hydroxyl groups is 1. The summed E-state index contributed by atoms with van der Waals surface area (Å²) in [5.41, 5.74) is 5.23. The van der Waals surface area contributed by atoms with Crippen LogP contribution < -0.4 is 16.4 Å². The molecular weight excluding hydrogens is 330 g/mol. The maximum Gasteiger partial charge on any atom is 0.322 e. The Labute approximate surface area is 138 Å². The minimum atomic E-state index is -1.22. The molecular formula is C12H23N3O7S. The summed E-state index contributed by atoms with van der Waals surface area (Å²) in [5.74, 6) is -3.70. The van der Waals surface area contributed by atoms with Gasteiger partial charge in [-0.05, 0) is 13.3 Å². The number of hydrogen-bond donors (Lipinski definition) is 7. The number of hydrogen-bond acceptors (Lipinski definition) is 7. The third-order valence-corrected chi connectivity index (χ3v) is 2.61. The van der Waals surface area contributed by atoms with Gasteiger partial charge in [0.15, 0.2) is 0 Å². The van der Waals surface area contributed by atoms with Gasteiger partial charge in [0.25, 0.3) is 0 Å². The van der Waals surface area contributed by atoms with E-state index in [-0.39, 0.29) is 25.2 Å². The van der Waals surface area contributed by atoms with E-state index in [9.17, 15) is 19.2 Å². The van der Waals surface area contributed by atoms with Crippen LogP contribution in [0.1, 0.15) is 19.8 Å². The van der Waals surface area contributed by atoms with E-state index in [2.05, 4.69) is 23.3 Å². The highest BCUT2D eigenvalue weighted by Gasteiger charge is 2.20. The summed E-state index contributed by atoms with van der Waals surface area (Å²) >= 11 is 3.87. The molecule has 11 heteroatoms. The molecule has 134 valence electrons. The monoisotopic (exact) mass is 353 g/mol. The number of carbonyl (C=O) groups is 4. The van der Waals surface area contributed by atoms with Crippen molar-refractivity contribution in [3.05, 3.63) is 0 Å². The Kier molecular flexibility index (Phi) is 14.0. The molecule has 23 heavy (non-hydrogen) atoms. The van der Waals surface area contributed by atoms with Gasteiger partial charge >= 0.3 is 11.9 Å². The minimum absolute atomic E-state index is 0.0256. The first-order chi connectivity index (χ1) is 10.7. The quantitative estimate of drug-likeness (QED) is 0.228. The average molecular weight is 353 g/mol. The van der Waals surface area contributed by atoms with Crippen molar-refractivity contribution in [1.29, 1.82) is 0 Å². The summed E-state index contributed by atoms with van der Waals surface area (Å²) in [5, 5.41) is 28.9. The Morgan fingerprint density at radius 2 is 1.74 bits per heavy atom. The van der Waals surface area contributed by atoms with Crippen molar-refractivity contribution in [2.45, 2.75) is 31.8 Å². The Morgan fingerprint density at radius 3 is 2.13 bits per heavy atom. The van der Waals surface area contributed by atoms with E-state index < -0.39 is 42.4 Å². The average Bonchev–Trinajstić information content (AvgIpc) is 2.48. The molecule has 0 aliphatic rings. The number of rotatable bonds is 9. The maximum absolute atomic E-state index is 11.5. The van der Waals surface area contributed by atoms with E-state index >= 15 is 0 Å². The van der Waals surface area contributed by atoms with Crippen molar-refractivity contribution in [2.75, 3.05) is 18.9 Å². The molecule has 0 heterocycles. The third kappa shape index (κ3) is 13.5. The van der Waals surface area contributed by atoms with Crippen LogP contribution in [0.15, 0.2) is 0 Å². The molecule has 7 N–H and O–H groups in total. The van der Waals surface area contributed by atoms with Gasteiger partial charge in [0.1, 0.15) is 18.6 Å². The van der Waals surface area contributed by atoms with Gasteiger partial charge < -0.3 is 31.7 Å². The van der Waals surface area contributed by atoms with Crippen LogP contribution >= 0.6 is 12.6 Å². The van der Waals surface area contributed by atoms with Gasteiger partial charge in [-0.25, -0.2) is 0 Å². The number of thiol groups is 1. The Balaban J connectivity index is 0. The highest BCUT2D eigenvalue weighted by atomic mass is 32.1. The number of nitrogens with one attached hydrogen (secondary N) is 2. The number of aliphatic hydroxyl groups excluding tert-OH is 1. The van der Waals surface area contributed by atoms with Gasteiger partial charge in [0.05, 0.1) is 0 Å². The number of carbonyl (C=O) groups excluding carboxylic acids is 2. The smallest absolute Gasteiger partial charge is 0.322 e. The molecule has 0 saturated carbocycles. The van der Waals surface area contributed by atoms with Crippen LogP contribution in [0.2, 0.25) is 0 Å². The molecule has 2 unspecified atom stereocenters. The van der Waals surface area contributed by atoms with Crippen molar-refractivity contribution >= 4 is 36.4 Å². The Hall–Kier alpha value is -1.85. The van der Waals surface area contributed by atoms with Crippen LogP contribution in [0.5, 0.6) is 0 Å². The molecule has 0 aliphatic carbocycles. The van der Waals surface area contributed by atoms with Crippen molar-refractivity contribution in [2.24, 2.45) is 5.73 Å². The fraction of sp³-hybridized carbons (Fsp3) is 0.667. The van der Waals surface area contributed by atoms with E-state index in [0.717, 1.165) is 0 Å². The van der Waals surface area contributed by atoms with Crippen LogP contribution in [-0.2, 0) is 19.2 Å². The molecule has 0 rings (SSSR count). The molecule has 10 nitrogen and oxygen atoms in total. The van der Waals surface area contributed by atoms with Crippen LogP contribution in [0.25, 0.3) is 0 Å². The first-order valence-electron chi connectivity index (χ1n) is 6.68. The molecule has 0 bridgehead atoms. The lowest BCUT2D eigenvalue weighted by molar-refractivity contribution is -0.139. The van der Waals surface area contributed by atoms with E-state index in [0.29, 0.717) is 0 Å². The van der Waals surface area contributed by atoms with Crippen molar-refractivity contribution in [3.63, 3.8) is 0 Å². The Bertz CT molecular complexity index is 406. The molecule has 2 amide bonds. The zero-order chi connectivity index (χ0) is 18.4. The van der Waals surface area contributed by atoms with Crippen LogP contribution in [0.3, 0.4) is 0 Å². The van der Waals surface area contributed by atoms with Gasteiger partial charge in [-0.1, -0.05) is 0 Å². The minimum Gasteiger partial charge on any atom is -0.480 e. The summed E-state index contributed by atoms with van der Waals surface area (Å²) in [6, 6.07) is -2.15. The normalized spacial score (nSPS) is 12.2. The van der Waals surface area contributed by atoms with Crippen LogP contribution in [0, 0.1) is 0 Å². The number of amides is 2. The van der Waals surface area contributed by atoms with Crippen molar-refractivity contribution in [3.8, 4) is 0 Å². The molecule has 0 radical (unpaired) electrons. The second-order valence-electron chi connectivity index (χ2n) is 4.21. The predicted octanol–water partition coefficient (Wildman–Crippen LogP) is -2.21. The SMILES string of the molecule is CCO.NC(CCC(=O)NC(CS)C(=O)NCC(=O)O)C(=O)O. The van der Waals surface area contributed by atoms with Crippen LogP contribution in [-0.4, -0.2) is 70.1 Å². The lowest BCUT2D eigenvalue weighted by Gasteiger charge is -2.16. The second kappa shape index (κ2) is 13.8. The Morgan fingerprint density at radius 1 is 1.22 bits per heavy atom. The first-order valence-corrected chi connectivity index (χ1v) is 7.31. The van der Waals surface area contributed by atoms with E-state index in [1.54, 1.807) is 6.92 Å². The lowest BCUT2D eigenvalue weighted by atomic mass is 10.1. The topological polar surface area (TPSA) is 179 Å². The van der Waals surface area contributed by atoms with Crippen molar-refractivity contribution < 1.29 is 34.5 Å². The molecule has 0 saturated heterocycles. The summed E-state index contributed by atoms with van der Waals surface area (Å²) in [4.78, 5) is 43.7. The van der Waals surface area contributed by atoms with Gasteiger partial charge in [-0.2, -0.15) is 12.6 Å². The molecule has 0 fully saturated rings. The maximum atomic E-state index is 11.5. The number of carboxylic acid groups (broad SMARTS) is 2. The van der Waals surface area contributed by atoms with Gasteiger partial charge in [0, 0.05) is 18.8 Å². The van der Waals surface area contributed by atoms with E-state index in [1.807, 2.05) is 0 Å². The number of carboxylic acids is 2. The fourth-order valence-corrected chi connectivity index (χ4v) is 1.41. The van der Waals surface area contributed by atoms with Gasteiger partial charge in [-0.3, -0.25) is 19.2 Å². The largest absolute Gasteiger partial charge is 0.480 e. The zero-order valence-corrected chi connectivity index (χ0v) is 13.6. The van der Waals surface area contributed by atoms with E-state index in [4.69, 9.17) is 21.1 Å². The van der Waals surface area contributed by atoms with E-state index in [1.165, 1.54) is 0 Å². The molecule has 0 spiro atoms. The summed E-state index contributed by atoms with van der Waals surface area (Å²) in [6.07, 6.45) is -0.235. The zero-order valence-electron chi connectivity index (χ0n) is 12.7. The predicted molar refractivity (Wildman–Crippen MR) is 84.0 cm³/mol. The highest BCUT2D eigenvalue weighted by molar-refractivity contribution is 7.80. The van der Waals surface area contributed by atoms with Gasteiger partial charge in [0.2, 0.25) is 11.8 Å². The third-order valence-electron chi connectivity index (χ3n) is 2.25. The summed E-state index contributed by atoms with van der Waals surface area (Å²) in [6.45, 7) is 1.36. The van der Waals surface area contributed by atoms with Gasteiger partial charge in [-0.15, -0.1) is 0 Å². The highest BCUT2D eigenvalue weighted by Crippen LogP contribution is 1.97. The molecule has 0 aliphatic heterocycles. The molecule has 0 aromatic heterocycles.